The van der Waals surface area contributed by atoms with Crippen molar-refractivity contribution in [2.45, 2.75) is 77.4 Å². The number of hydrogen-bond acceptors (Lipinski definition) is 3. The molecule has 0 aromatic heterocycles. The maximum atomic E-state index is 12.0. The zero-order valence-electron chi connectivity index (χ0n) is 12.7. The predicted octanol–water partition coefficient (Wildman–Crippen LogP) is 3.28. The van der Waals surface area contributed by atoms with Gasteiger partial charge >= 0.3 is 5.97 Å². The number of esters is 1. The summed E-state index contributed by atoms with van der Waals surface area (Å²) < 4.78 is 5.46. The first kappa shape index (κ1) is 14.8. The minimum atomic E-state index is -0.376. The number of nitrogens with one attached hydrogen (secondary N) is 1. The van der Waals surface area contributed by atoms with Gasteiger partial charge in [-0.3, -0.25) is 4.79 Å². The molecule has 0 aromatic rings. The average molecular weight is 267 g/mol. The second kappa shape index (κ2) is 6.25. The van der Waals surface area contributed by atoms with Crippen molar-refractivity contribution in [1.29, 1.82) is 0 Å². The van der Waals surface area contributed by atoms with Crippen LogP contribution in [0.25, 0.3) is 0 Å². The summed E-state index contributed by atoms with van der Waals surface area (Å²) in [4.78, 5) is 12.0. The fourth-order valence-corrected chi connectivity index (χ4v) is 3.46. The van der Waals surface area contributed by atoms with E-state index in [0.29, 0.717) is 0 Å². The summed E-state index contributed by atoms with van der Waals surface area (Å²) >= 11 is 0. The molecule has 1 saturated carbocycles. The highest BCUT2D eigenvalue weighted by Gasteiger charge is 2.32. The molecule has 3 heteroatoms. The minimum Gasteiger partial charge on any atom is -0.459 e. The molecule has 2 atom stereocenters. The van der Waals surface area contributed by atoms with Gasteiger partial charge in [-0.1, -0.05) is 32.1 Å². The van der Waals surface area contributed by atoms with Gasteiger partial charge in [0.25, 0.3) is 0 Å². The van der Waals surface area contributed by atoms with E-state index in [1.807, 2.05) is 20.8 Å². The van der Waals surface area contributed by atoms with Gasteiger partial charge < -0.3 is 10.1 Å². The molecule has 3 nitrogen and oxygen atoms in total. The van der Waals surface area contributed by atoms with Crippen LogP contribution >= 0.6 is 0 Å². The van der Waals surface area contributed by atoms with Crippen molar-refractivity contribution in [1.82, 2.24) is 5.32 Å². The van der Waals surface area contributed by atoms with Gasteiger partial charge in [-0.15, -0.1) is 0 Å². The van der Waals surface area contributed by atoms with Crippen molar-refractivity contribution >= 4 is 5.97 Å². The van der Waals surface area contributed by atoms with Gasteiger partial charge in [0.1, 0.15) is 11.6 Å². The SMILES string of the molecule is CC(C)(C)OC(=O)[C@@H]1CC[C@H](C2CCCCC2)CN1. The van der Waals surface area contributed by atoms with E-state index >= 15 is 0 Å². The van der Waals surface area contributed by atoms with Crippen LogP contribution in [0.15, 0.2) is 0 Å². The van der Waals surface area contributed by atoms with Crippen LogP contribution in [-0.4, -0.2) is 24.2 Å². The molecule has 0 amide bonds. The van der Waals surface area contributed by atoms with Crippen molar-refractivity contribution < 1.29 is 9.53 Å². The van der Waals surface area contributed by atoms with E-state index in [2.05, 4.69) is 5.32 Å². The Kier molecular flexibility index (Phi) is 4.88. The lowest BCUT2D eigenvalue weighted by Gasteiger charge is -2.36. The molecule has 0 bridgehead atoms. The lowest BCUT2D eigenvalue weighted by molar-refractivity contribution is -0.158. The summed E-state index contributed by atoms with van der Waals surface area (Å²) in [6.45, 7) is 6.78. The van der Waals surface area contributed by atoms with Gasteiger partial charge in [-0.2, -0.15) is 0 Å². The smallest absolute Gasteiger partial charge is 0.323 e. The molecular weight excluding hydrogens is 238 g/mol. The number of hydrogen-bond donors (Lipinski definition) is 1. The Morgan fingerprint density at radius 3 is 2.21 bits per heavy atom. The number of carbonyl (C=O) groups is 1. The zero-order valence-corrected chi connectivity index (χ0v) is 12.7. The molecule has 0 unspecified atom stereocenters. The van der Waals surface area contributed by atoms with E-state index in [-0.39, 0.29) is 17.6 Å². The number of ether oxygens (including phenoxy) is 1. The molecule has 1 aliphatic heterocycles. The Morgan fingerprint density at radius 2 is 1.68 bits per heavy atom. The molecule has 2 fully saturated rings. The molecule has 1 N–H and O–H groups in total. The van der Waals surface area contributed by atoms with Gasteiger partial charge in [0, 0.05) is 0 Å². The summed E-state index contributed by atoms with van der Waals surface area (Å²) in [5.41, 5.74) is -0.376. The third-order valence-corrected chi connectivity index (χ3v) is 4.46. The number of rotatable bonds is 2. The van der Waals surface area contributed by atoms with Crippen LogP contribution in [0, 0.1) is 11.8 Å². The molecular formula is C16H29NO2. The highest BCUT2D eigenvalue weighted by Crippen LogP contribution is 2.34. The fourth-order valence-electron chi connectivity index (χ4n) is 3.46. The molecule has 19 heavy (non-hydrogen) atoms. The van der Waals surface area contributed by atoms with E-state index in [4.69, 9.17) is 4.74 Å². The number of carbonyl (C=O) groups excluding carboxylic acids is 1. The number of piperidine rings is 1. The van der Waals surface area contributed by atoms with Gasteiger partial charge in [0.15, 0.2) is 0 Å². The van der Waals surface area contributed by atoms with E-state index in [0.717, 1.165) is 24.8 Å². The van der Waals surface area contributed by atoms with Crippen LogP contribution in [0.2, 0.25) is 0 Å². The minimum absolute atomic E-state index is 0.0744. The van der Waals surface area contributed by atoms with E-state index in [1.54, 1.807) is 0 Å². The highest BCUT2D eigenvalue weighted by atomic mass is 16.6. The standard InChI is InChI=1S/C16H29NO2/c1-16(2,3)19-15(18)14-10-9-13(11-17-14)12-7-5-4-6-8-12/h12-14,17H,4-11H2,1-3H3/t13-,14-/m0/s1. The highest BCUT2D eigenvalue weighted by molar-refractivity contribution is 5.76. The topological polar surface area (TPSA) is 38.3 Å². The molecule has 1 aliphatic carbocycles. The van der Waals surface area contributed by atoms with Crippen molar-refractivity contribution in [2.24, 2.45) is 11.8 Å². The Bertz CT molecular complexity index is 294. The molecule has 2 aliphatic rings. The van der Waals surface area contributed by atoms with E-state index in [1.165, 1.54) is 38.5 Å². The second-order valence-corrected chi connectivity index (χ2v) is 7.23. The molecule has 0 aromatic carbocycles. The summed E-state index contributed by atoms with van der Waals surface area (Å²) in [5.74, 6) is 1.59. The van der Waals surface area contributed by atoms with E-state index < -0.39 is 0 Å². The largest absolute Gasteiger partial charge is 0.459 e. The first-order chi connectivity index (χ1) is 8.96. The van der Waals surface area contributed by atoms with Crippen molar-refractivity contribution in [3.05, 3.63) is 0 Å². The quantitative estimate of drug-likeness (QED) is 0.780. The van der Waals surface area contributed by atoms with Gasteiger partial charge in [-0.05, 0) is 52.0 Å². The Hall–Kier alpha value is -0.570. The lowest BCUT2D eigenvalue weighted by Crippen LogP contribution is -2.48. The Labute approximate surface area is 117 Å². The normalized spacial score (nSPS) is 30.1. The Balaban J connectivity index is 1.77. The average Bonchev–Trinajstić information content (AvgIpc) is 2.38. The van der Waals surface area contributed by atoms with Crippen molar-refractivity contribution in [3.63, 3.8) is 0 Å². The summed E-state index contributed by atoms with van der Waals surface area (Å²) in [6.07, 6.45) is 9.12. The fraction of sp³-hybridized carbons (Fsp3) is 0.938. The third-order valence-electron chi connectivity index (χ3n) is 4.46. The molecule has 0 radical (unpaired) electrons. The van der Waals surface area contributed by atoms with Crippen LogP contribution in [0.4, 0.5) is 0 Å². The molecule has 0 spiro atoms. The molecule has 2 rings (SSSR count). The van der Waals surface area contributed by atoms with E-state index in [9.17, 15) is 4.79 Å². The van der Waals surface area contributed by atoms with Crippen molar-refractivity contribution in [2.75, 3.05) is 6.54 Å². The van der Waals surface area contributed by atoms with Crippen LogP contribution in [0.3, 0.4) is 0 Å². The van der Waals surface area contributed by atoms with Crippen LogP contribution in [0.5, 0.6) is 0 Å². The Morgan fingerprint density at radius 1 is 1.00 bits per heavy atom. The maximum Gasteiger partial charge on any atom is 0.323 e. The maximum absolute atomic E-state index is 12.0. The van der Waals surface area contributed by atoms with Gasteiger partial charge in [-0.25, -0.2) is 0 Å². The monoisotopic (exact) mass is 267 g/mol. The molecule has 110 valence electrons. The molecule has 1 saturated heterocycles. The first-order valence-corrected chi connectivity index (χ1v) is 7.92. The van der Waals surface area contributed by atoms with Crippen LogP contribution in [0.1, 0.15) is 65.7 Å². The second-order valence-electron chi connectivity index (χ2n) is 7.23. The van der Waals surface area contributed by atoms with Crippen LogP contribution in [-0.2, 0) is 9.53 Å². The third kappa shape index (κ3) is 4.48. The summed E-state index contributed by atoms with van der Waals surface area (Å²) in [6, 6.07) is -0.0842. The zero-order chi connectivity index (χ0) is 13.9. The van der Waals surface area contributed by atoms with Gasteiger partial charge in [0.2, 0.25) is 0 Å². The summed E-state index contributed by atoms with van der Waals surface area (Å²) in [5, 5.41) is 3.41. The first-order valence-electron chi connectivity index (χ1n) is 7.92. The lowest BCUT2D eigenvalue weighted by atomic mass is 9.76. The van der Waals surface area contributed by atoms with Gasteiger partial charge in [0.05, 0.1) is 0 Å². The predicted molar refractivity (Wildman–Crippen MR) is 76.9 cm³/mol. The summed E-state index contributed by atoms with van der Waals surface area (Å²) in [7, 11) is 0. The molecule has 1 heterocycles. The van der Waals surface area contributed by atoms with Crippen LogP contribution < -0.4 is 5.32 Å². The van der Waals surface area contributed by atoms with Crippen molar-refractivity contribution in [3.8, 4) is 0 Å².